The number of anilines is 2. The number of aromatic nitrogens is 3. The molecule has 0 amide bonds. The highest BCUT2D eigenvalue weighted by molar-refractivity contribution is 7.09. The van der Waals surface area contributed by atoms with Crippen molar-refractivity contribution in [2.24, 2.45) is 0 Å². The van der Waals surface area contributed by atoms with Crippen LogP contribution in [0.5, 0.6) is 0 Å². The quantitative estimate of drug-likeness (QED) is 0.854. The van der Waals surface area contributed by atoms with Gasteiger partial charge in [0.25, 0.3) is 0 Å². The van der Waals surface area contributed by atoms with Gasteiger partial charge in [-0.1, -0.05) is 0 Å². The van der Waals surface area contributed by atoms with Gasteiger partial charge in [-0.2, -0.15) is 4.98 Å². The van der Waals surface area contributed by atoms with Gasteiger partial charge in [-0.25, -0.2) is 9.97 Å². The zero-order valence-corrected chi connectivity index (χ0v) is 14.2. The number of aryl methyl sites for hydroxylation is 1. The maximum absolute atomic E-state index is 4.62. The van der Waals surface area contributed by atoms with Crippen molar-refractivity contribution in [3.8, 4) is 0 Å². The second-order valence-electron chi connectivity index (χ2n) is 5.73. The summed E-state index contributed by atoms with van der Waals surface area (Å²) in [4.78, 5) is 20.2. The van der Waals surface area contributed by atoms with Crippen molar-refractivity contribution in [2.75, 3.05) is 50.1 Å². The van der Waals surface area contributed by atoms with E-state index in [4.69, 9.17) is 0 Å². The van der Waals surface area contributed by atoms with Crippen LogP contribution in [0.1, 0.15) is 10.7 Å². The van der Waals surface area contributed by atoms with E-state index < -0.39 is 0 Å². The van der Waals surface area contributed by atoms with Crippen molar-refractivity contribution >= 4 is 23.1 Å². The minimum atomic E-state index is 0.762. The zero-order chi connectivity index (χ0) is 15.5. The van der Waals surface area contributed by atoms with Gasteiger partial charge in [0.1, 0.15) is 5.82 Å². The van der Waals surface area contributed by atoms with E-state index in [-0.39, 0.29) is 0 Å². The van der Waals surface area contributed by atoms with E-state index >= 15 is 0 Å². The van der Waals surface area contributed by atoms with Crippen LogP contribution in [-0.4, -0.2) is 60.1 Å². The molecule has 0 spiro atoms. The smallest absolute Gasteiger partial charge is 0.226 e. The Kier molecular flexibility index (Phi) is 4.54. The highest BCUT2D eigenvalue weighted by Crippen LogP contribution is 2.17. The van der Waals surface area contributed by atoms with Gasteiger partial charge in [0.15, 0.2) is 0 Å². The molecule has 0 N–H and O–H groups in total. The average molecular weight is 318 g/mol. The first-order chi connectivity index (χ1) is 10.6. The number of piperazine rings is 1. The van der Waals surface area contributed by atoms with Crippen LogP contribution in [0.2, 0.25) is 0 Å². The lowest BCUT2D eigenvalue weighted by Gasteiger charge is -2.35. The number of rotatable bonds is 4. The summed E-state index contributed by atoms with van der Waals surface area (Å²) in [6, 6.07) is 1.99. The molecule has 1 fully saturated rings. The molecule has 3 heterocycles. The Balaban J connectivity index is 1.58. The standard InChI is InChI=1S/C15H22N6S/c1-12-17-13(11-22-12)10-20-6-8-21(9-7-20)14-4-5-16-15(18-14)19(2)3/h4-5,11H,6-10H2,1-3H3. The molecule has 118 valence electrons. The van der Waals surface area contributed by atoms with Crippen LogP contribution in [0.4, 0.5) is 11.8 Å². The van der Waals surface area contributed by atoms with Crippen molar-refractivity contribution in [2.45, 2.75) is 13.5 Å². The fourth-order valence-electron chi connectivity index (χ4n) is 2.58. The molecule has 7 heteroatoms. The maximum atomic E-state index is 4.62. The predicted octanol–water partition coefficient (Wildman–Crippen LogP) is 1.63. The van der Waals surface area contributed by atoms with E-state index in [1.165, 1.54) is 5.69 Å². The predicted molar refractivity (Wildman–Crippen MR) is 90.7 cm³/mol. The molecule has 22 heavy (non-hydrogen) atoms. The highest BCUT2D eigenvalue weighted by atomic mass is 32.1. The monoisotopic (exact) mass is 318 g/mol. The van der Waals surface area contributed by atoms with Gasteiger partial charge in [0.2, 0.25) is 5.95 Å². The summed E-state index contributed by atoms with van der Waals surface area (Å²) in [5.74, 6) is 1.78. The van der Waals surface area contributed by atoms with Crippen molar-refractivity contribution in [3.05, 3.63) is 28.3 Å². The lowest BCUT2D eigenvalue weighted by atomic mass is 10.3. The third kappa shape index (κ3) is 3.53. The summed E-state index contributed by atoms with van der Waals surface area (Å²) in [7, 11) is 3.93. The molecule has 2 aromatic rings. The van der Waals surface area contributed by atoms with E-state index in [0.717, 1.165) is 49.5 Å². The first kappa shape index (κ1) is 15.2. The molecule has 2 aromatic heterocycles. The molecule has 0 radical (unpaired) electrons. The Morgan fingerprint density at radius 3 is 2.59 bits per heavy atom. The van der Waals surface area contributed by atoms with Gasteiger partial charge in [-0.05, 0) is 13.0 Å². The van der Waals surface area contributed by atoms with Gasteiger partial charge in [0, 0.05) is 58.4 Å². The molecule has 1 aliphatic rings. The summed E-state index contributed by atoms with van der Waals surface area (Å²) >= 11 is 1.72. The van der Waals surface area contributed by atoms with E-state index in [1.54, 1.807) is 11.3 Å². The highest BCUT2D eigenvalue weighted by Gasteiger charge is 2.19. The molecular formula is C15H22N6S. The number of nitrogens with zero attached hydrogens (tertiary/aromatic N) is 6. The number of thiazole rings is 1. The molecule has 6 nitrogen and oxygen atoms in total. The topological polar surface area (TPSA) is 48.4 Å². The van der Waals surface area contributed by atoms with Crippen LogP contribution in [0, 0.1) is 6.92 Å². The Morgan fingerprint density at radius 2 is 1.95 bits per heavy atom. The molecule has 0 aromatic carbocycles. The molecular weight excluding hydrogens is 296 g/mol. The lowest BCUT2D eigenvalue weighted by molar-refractivity contribution is 0.247. The molecule has 1 aliphatic heterocycles. The summed E-state index contributed by atoms with van der Waals surface area (Å²) in [6.45, 7) is 7.07. The zero-order valence-electron chi connectivity index (χ0n) is 13.4. The van der Waals surface area contributed by atoms with E-state index in [1.807, 2.05) is 31.3 Å². The van der Waals surface area contributed by atoms with Crippen molar-refractivity contribution < 1.29 is 0 Å². The van der Waals surface area contributed by atoms with Gasteiger partial charge in [-0.15, -0.1) is 11.3 Å². The Bertz CT molecular complexity index is 618. The second-order valence-corrected chi connectivity index (χ2v) is 6.79. The largest absolute Gasteiger partial charge is 0.354 e. The third-order valence-electron chi connectivity index (χ3n) is 3.78. The third-order valence-corrected chi connectivity index (χ3v) is 4.60. The fourth-order valence-corrected chi connectivity index (χ4v) is 3.18. The van der Waals surface area contributed by atoms with Crippen molar-refractivity contribution in [1.29, 1.82) is 0 Å². The first-order valence-electron chi connectivity index (χ1n) is 7.50. The van der Waals surface area contributed by atoms with E-state index in [2.05, 4.69) is 37.1 Å². The number of hydrogen-bond acceptors (Lipinski definition) is 7. The normalized spacial score (nSPS) is 16.0. The second kappa shape index (κ2) is 6.58. The summed E-state index contributed by atoms with van der Waals surface area (Å²) in [6.07, 6.45) is 1.84. The maximum Gasteiger partial charge on any atom is 0.226 e. The SMILES string of the molecule is Cc1nc(CN2CCN(c3ccnc(N(C)C)n3)CC2)cs1. The Labute approximate surface area is 135 Å². The van der Waals surface area contributed by atoms with Crippen LogP contribution < -0.4 is 9.80 Å². The van der Waals surface area contributed by atoms with Gasteiger partial charge >= 0.3 is 0 Å². The Hall–Kier alpha value is -1.73. The fraction of sp³-hybridized carbons (Fsp3) is 0.533. The Morgan fingerprint density at radius 1 is 1.18 bits per heavy atom. The summed E-state index contributed by atoms with van der Waals surface area (Å²) in [5.41, 5.74) is 1.19. The summed E-state index contributed by atoms with van der Waals surface area (Å²) < 4.78 is 0. The van der Waals surface area contributed by atoms with Crippen molar-refractivity contribution in [1.82, 2.24) is 19.9 Å². The van der Waals surface area contributed by atoms with Crippen LogP contribution in [0.25, 0.3) is 0 Å². The van der Waals surface area contributed by atoms with Crippen LogP contribution in [0.3, 0.4) is 0 Å². The molecule has 0 unspecified atom stereocenters. The average Bonchev–Trinajstić information content (AvgIpc) is 2.93. The number of hydrogen-bond donors (Lipinski definition) is 0. The molecule has 0 atom stereocenters. The molecule has 3 rings (SSSR count). The lowest BCUT2D eigenvalue weighted by Crippen LogP contribution is -2.46. The molecule has 0 aliphatic carbocycles. The van der Waals surface area contributed by atoms with E-state index in [9.17, 15) is 0 Å². The summed E-state index contributed by atoms with van der Waals surface area (Å²) in [5, 5.41) is 3.31. The van der Waals surface area contributed by atoms with Crippen LogP contribution >= 0.6 is 11.3 Å². The van der Waals surface area contributed by atoms with Gasteiger partial charge in [0.05, 0.1) is 10.7 Å². The van der Waals surface area contributed by atoms with Gasteiger partial charge < -0.3 is 9.80 Å². The molecule has 1 saturated heterocycles. The van der Waals surface area contributed by atoms with E-state index in [0.29, 0.717) is 0 Å². The van der Waals surface area contributed by atoms with Gasteiger partial charge in [-0.3, -0.25) is 4.90 Å². The van der Waals surface area contributed by atoms with Crippen molar-refractivity contribution in [3.63, 3.8) is 0 Å². The molecule has 0 bridgehead atoms. The molecule has 0 saturated carbocycles. The first-order valence-corrected chi connectivity index (χ1v) is 8.38. The minimum absolute atomic E-state index is 0.762. The minimum Gasteiger partial charge on any atom is -0.354 e. The van der Waals surface area contributed by atoms with Crippen LogP contribution in [0.15, 0.2) is 17.6 Å². The van der Waals surface area contributed by atoms with Crippen LogP contribution in [-0.2, 0) is 6.54 Å².